The van der Waals surface area contributed by atoms with Gasteiger partial charge in [0.05, 0.1) is 6.10 Å². The Morgan fingerprint density at radius 3 is 2.26 bits per heavy atom. The molecular formula is C13H17BF3KO. The molecule has 0 atom stereocenters. The molecule has 0 aromatic heterocycles. The number of hydrogen-bond acceptors (Lipinski definition) is 1. The molecular weight excluding hydrogens is 279 g/mol. The van der Waals surface area contributed by atoms with Crippen molar-refractivity contribution < 1.29 is 69.1 Å². The van der Waals surface area contributed by atoms with Crippen molar-refractivity contribution in [1.29, 1.82) is 0 Å². The molecule has 1 nitrogen and oxygen atoms in total. The Morgan fingerprint density at radius 2 is 1.74 bits per heavy atom. The summed E-state index contributed by atoms with van der Waals surface area (Å²) in [6.07, 6.45) is 5.70. The maximum Gasteiger partial charge on any atom is 1.00 e. The molecule has 1 fully saturated rings. The van der Waals surface area contributed by atoms with E-state index in [2.05, 4.69) is 0 Å². The van der Waals surface area contributed by atoms with Gasteiger partial charge in [0.25, 0.3) is 0 Å². The van der Waals surface area contributed by atoms with Crippen molar-refractivity contribution in [2.45, 2.75) is 45.1 Å². The normalized spacial score (nSPS) is 16.8. The number of ether oxygens (including phenoxy) is 1. The molecule has 0 aliphatic heterocycles. The summed E-state index contributed by atoms with van der Waals surface area (Å²) in [5.74, 6) is 0.589. The molecule has 1 aliphatic rings. The Morgan fingerprint density at radius 1 is 1.11 bits per heavy atom. The van der Waals surface area contributed by atoms with Crippen LogP contribution in [0.5, 0.6) is 5.75 Å². The second-order valence-electron chi connectivity index (χ2n) is 4.98. The Hall–Kier alpha value is 0.511. The van der Waals surface area contributed by atoms with E-state index in [9.17, 15) is 12.9 Å². The standard InChI is InChI=1S/C13H17BF3O.K/c1-10-9-11(14(15,16)17)7-8-13(10)18-12-5-3-2-4-6-12;/h7-9,12H,2-6H2,1H3;/q-1;+1. The first-order valence-corrected chi connectivity index (χ1v) is 6.44. The van der Waals surface area contributed by atoms with Crippen LogP contribution in [0.15, 0.2) is 18.2 Å². The summed E-state index contributed by atoms with van der Waals surface area (Å²) < 4.78 is 43.5. The third-order valence-corrected chi connectivity index (χ3v) is 3.42. The van der Waals surface area contributed by atoms with E-state index >= 15 is 0 Å². The summed E-state index contributed by atoms with van der Waals surface area (Å²) in [5, 5.41) is 0. The van der Waals surface area contributed by atoms with Crippen LogP contribution in [0.2, 0.25) is 0 Å². The van der Waals surface area contributed by atoms with Gasteiger partial charge in [-0.25, -0.2) is 0 Å². The zero-order chi connectivity index (χ0) is 13.2. The van der Waals surface area contributed by atoms with E-state index in [1.165, 1.54) is 18.6 Å². The molecule has 100 valence electrons. The van der Waals surface area contributed by atoms with Gasteiger partial charge in [-0.05, 0) is 44.2 Å². The van der Waals surface area contributed by atoms with E-state index in [0.717, 1.165) is 31.7 Å². The van der Waals surface area contributed by atoms with Gasteiger partial charge in [-0.3, -0.25) is 0 Å². The van der Waals surface area contributed by atoms with Crippen LogP contribution in [-0.2, 0) is 0 Å². The fourth-order valence-electron chi connectivity index (χ4n) is 2.37. The van der Waals surface area contributed by atoms with Crippen molar-refractivity contribution in [2.24, 2.45) is 0 Å². The minimum absolute atomic E-state index is 0. The molecule has 0 radical (unpaired) electrons. The van der Waals surface area contributed by atoms with Gasteiger partial charge in [0.2, 0.25) is 0 Å². The van der Waals surface area contributed by atoms with Gasteiger partial charge in [-0.1, -0.05) is 18.6 Å². The smallest absolute Gasteiger partial charge is 0.490 e. The summed E-state index contributed by atoms with van der Waals surface area (Å²) in [4.78, 5) is 0. The van der Waals surface area contributed by atoms with Crippen LogP contribution in [0.4, 0.5) is 12.9 Å². The van der Waals surface area contributed by atoms with Crippen LogP contribution >= 0.6 is 0 Å². The van der Waals surface area contributed by atoms with Crippen molar-refractivity contribution in [3.05, 3.63) is 23.8 Å². The maximum atomic E-state index is 12.6. The van der Waals surface area contributed by atoms with Gasteiger partial charge >= 0.3 is 58.4 Å². The monoisotopic (exact) mass is 296 g/mol. The molecule has 19 heavy (non-hydrogen) atoms. The predicted octanol–water partition coefficient (Wildman–Crippen LogP) is 0.765. The molecule has 0 bridgehead atoms. The predicted molar refractivity (Wildman–Crippen MR) is 67.4 cm³/mol. The number of halogens is 3. The van der Waals surface area contributed by atoms with Crippen LogP contribution in [0.25, 0.3) is 0 Å². The quantitative estimate of drug-likeness (QED) is 0.749. The van der Waals surface area contributed by atoms with Gasteiger partial charge in [0.15, 0.2) is 0 Å². The largest absolute Gasteiger partial charge is 1.00 e. The summed E-state index contributed by atoms with van der Waals surface area (Å²) in [6.45, 7) is -3.25. The van der Waals surface area contributed by atoms with E-state index in [1.807, 2.05) is 0 Å². The van der Waals surface area contributed by atoms with Crippen molar-refractivity contribution in [3.63, 3.8) is 0 Å². The molecule has 0 amide bonds. The fraction of sp³-hybridized carbons (Fsp3) is 0.538. The van der Waals surface area contributed by atoms with Crippen LogP contribution in [0.3, 0.4) is 0 Å². The number of aryl methyl sites for hydroxylation is 1. The molecule has 1 saturated carbocycles. The zero-order valence-corrected chi connectivity index (χ0v) is 14.6. The van der Waals surface area contributed by atoms with Crippen LogP contribution in [0.1, 0.15) is 37.7 Å². The molecule has 0 unspecified atom stereocenters. The Bertz CT molecular complexity index is 417. The van der Waals surface area contributed by atoms with E-state index in [0.29, 0.717) is 11.3 Å². The SMILES string of the molecule is Cc1cc([B-](F)(F)F)ccc1OC1CCCCC1.[K+]. The van der Waals surface area contributed by atoms with Crippen LogP contribution in [-0.4, -0.2) is 13.1 Å². The van der Waals surface area contributed by atoms with Crippen LogP contribution < -0.4 is 61.6 Å². The Kier molecular flexibility index (Phi) is 6.93. The van der Waals surface area contributed by atoms with E-state index in [-0.39, 0.29) is 57.5 Å². The molecule has 6 heteroatoms. The molecule has 1 aromatic rings. The molecule has 0 saturated heterocycles. The average Bonchev–Trinajstić information content (AvgIpc) is 2.32. The number of benzene rings is 1. The molecule has 1 aliphatic carbocycles. The second kappa shape index (κ2) is 7.50. The summed E-state index contributed by atoms with van der Waals surface area (Å²) in [6, 6.07) is 3.75. The minimum atomic E-state index is -4.92. The van der Waals surface area contributed by atoms with Gasteiger partial charge < -0.3 is 17.7 Å². The summed E-state index contributed by atoms with van der Waals surface area (Å²) >= 11 is 0. The van der Waals surface area contributed by atoms with Gasteiger partial charge in [-0.15, -0.1) is 5.46 Å². The molecule has 0 N–H and O–H groups in total. The topological polar surface area (TPSA) is 9.23 Å². The van der Waals surface area contributed by atoms with Crippen molar-refractivity contribution in [2.75, 3.05) is 0 Å². The first-order valence-electron chi connectivity index (χ1n) is 6.44. The first-order chi connectivity index (χ1) is 8.47. The first kappa shape index (κ1) is 17.6. The second-order valence-corrected chi connectivity index (χ2v) is 4.98. The van der Waals surface area contributed by atoms with Crippen LogP contribution in [0, 0.1) is 6.92 Å². The van der Waals surface area contributed by atoms with Gasteiger partial charge in [0.1, 0.15) is 5.75 Å². The Labute approximate surface area is 154 Å². The van der Waals surface area contributed by atoms with Crippen molar-refractivity contribution in [1.82, 2.24) is 0 Å². The third kappa shape index (κ3) is 5.08. The molecule has 0 spiro atoms. The zero-order valence-electron chi connectivity index (χ0n) is 11.5. The molecule has 1 aromatic carbocycles. The van der Waals surface area contributed by atoms with E-state index in [1.54, 1.807) is 6.92 Å². The maximum absolute atomic E-state index is 12.6. The number of hydrogen-bond donors (Lipinski definition) is 0. The fourth-order valence-corrected chi connectivity index (χ4v) is 2.37. The summed E-state index contributed by atoms with van der Waals surface area (Å²) in [5.41, 5.74) is 0.0146. The number of rotatable bonds is 3. The van der Waals surface area contributed by atoms with Gasteiger partial charge in [0, 0.05) is 0 Å². The molecule has 0 heterocycles. The van der Waals surface area contributed by atoms with Gasteiger partial charge in [-0.2, -0.15) is 0 Å². The Balaban J connectivity index is 0.00000180. The van der Waals surface area contributed by atoms with E-state index in [4.69, 9.17) is 4.74 Å². The van der Waals surface area contributed by atoms with E-state index < -0.39 is 12.4 Å². The molecule has 2 rings (SSSR count). The minimum Gasteiger partial charge on any atom is -0.490 e. The summed E-state index contributed by atoms with van der Waals surface area (Å²) in [7, 11) is 0. The van der Waals surface area contributed by atoms with Crippen molar-refractivity contribution >= 4 is 12.4 Å². The third-order valence-electron chi connectivity index (χ3n) is 3.42. The average molecular weight is 296 g/mol. The van der Waals surface area contributed by atoms with Crippen molar-refractivity contribution in [3.8, 4) is 5.75 Å².